The Morgan fingerprint density at radius 1 is 1.40 bits per heavy atom. The van der Waals surface area contributed by atoms with Crippen molar-refractivity contribution in [2.24, 2.45) is 0 Å². The van der Waals surface area contributed by atoms with Crippen molar-refractivity contribution in [1.29, 1.82) is 0 Å². The van der Waals surface area contributed by atoms with Crippen LogP contribution in [0.25, 0.3) is 0 Å². The molecule has 0 aliphatic carbocycles. The quantitative estimate of drug-likeness (QED) is 0.753. The zero-order chi connectivity index (χ0) is 14.4. The molecule has 1 saturated heterocycles. The van der Waals surface area contributed by atoms with Gasteiger partial charge in [0.1, 0.15) is 0 Å². The van der Waals surface area contributed by atoms with Gasteiger partial charge in [-0.2, -0.15) is 24.5 Å². The average molecular weight is 307 g/mol. The number of rotatable bonds is 7. The number of thiophene rings is 1. The highest BCUT2D eigenvalue weighted by molar-refractivity contribution is 7.07. The van der Waals surface area contributed by atoms with Gasteiger partial charge in [0.15, 0.2) is 0 Å². The molecule has 2 heterocycles. The first-order valence-corrected chi connectivity index (χ1v) is 7.89. The van der Waals surface area contributed by atoms with E-state index in [2.05, 4.69) is 4.90 Å². The van der Waals surface area contributed by atoms with E-state index < -0.39 is 12.6 Å². The van der Waals surface area contributed by atoms with Crippen LogP contribution in [0.4, 0.5) is 13.2 Å². The Morgan fingerprint density at radius 2 is 2.25 bits per heavy atom. The van der Waals surface area contributed by atoms with Crippen LogP contribution in [0.5, 0.6) is 0 Å². The molecule has 0 bridgehead atoms. The normalized spacial score (nSPS) is 19.9. The van der Waals surface area contributed by atoms with Crippen LogP contribution in [0, 0.1) is 0 Å². The number of hydrogen-bond donors (Lipinski definition) is 0. The van der Waals surface area contributed by atoms with E-state index in [0.717, 1.165) is 26.0 Å². The number of hydrogen-bond acceptors (Lipinski definition) is 3. The van der Waals surface area contributed by atoms with Crippen LogP contribution >= 0.6 is 11.3 Å². The first-order valence-electron chi connectivity index (χ1n) is 6.95. The third-order valence-corrected chi connectivity index (χ3v) is 4.14. The minimum atomic E-state index is -4.06. The third-order valence-electron chi connectivity index (χ3n) is 3.41. The first-order chi connectivity index (χ1) is 9.53. The molecule has 1 aliphatic rings. The molecule has 2 rings (SSSR count). The molecule has 0 spiro atoms. The van der Waals surface area contributed by atoms with Crippen molar-refractivity contribution >= 4 is 11.3 Å². The molecular formula is C14H20F3NOS. The fourth-order valence-electron chi connectivity index (χ4n) is 2.46. The van der Waals surface area contributed by atoms with Crippen molar-refractivity contribution in [3.63, 3.8) is 0 Å². The van der Waals surface area contributed by atoms with E-state index in [0.29, 0.717) is 13.1 Å². The lowest BCUT2D eigenvalue weighted by atomic mass is 10.2. The Morgan fingerprint density at radius 3 is 2.85 bits per heavy atom. The predicted molar refractivity (Wildman–Crippen MR) is 73.9 cm³/mol. The highest BCUT2D eigenvalue weighted by Crippen LogP contribution is 2.22. The van der Waals surface area contributed by atoms with E-state index in [1.807, 2.05) is 16.8 Å². The molecule has 1 atom stereocenters. The zero-order valence-corrected chi connectivity index (χ0v) is 12.2. The summed E-state index contributed by atoms with van der Waals surface area (Å²) < 4.78 is 42.3. The maximum absolute atomic E-state index is 12.2. The summed E-state index contributed by atoms with van der Waals surface area (Å²) in [5.41, 5.74) is 1.17. The van der Waals surface area contributed by atoms with Crippen LogP contribution in [0.1, 0.15) is 31.2 Å². The van der Waals surface area contributed by atoms with Gasteiger partial charge in [-0.25, -0.2) is 0 Å². The number of nitrogens with zero attached hydrogens (tertiary/aromatic N) is 1. The molecular weight excluding hydrogens is 287 g/mol. The van der Waals surface area contributed by atoms with E-state index in [1.165, 1.54) is 5.56 Å². The lowest BCUT2D eigenvalue weighted by Crippen LogP contribution is -2.33. The SMILES string of the molecule is FC(F)(F)CCCN(Cc1ccsc1)CC1CCCO1. The van der Waals surface area contributed by atoms with Crippen molar-refractivity contribution in [3.8, 4) is 0 Å². The van der Waals surface area contributed by atoms with Crippen molar-refractivity contribution < 1.29 is 17.9 Å². The molecule has 1 unspecified atom stereocenters. The summed E-state index contributed by atoms with van der Waals surface area (Å²) >= 11 is 1.61. The lowest BCUT2D eigenvalue weighted by molar-refractivity contribution is -0.136. The Balaban J connectivity index is 1.82. The summed E-state index contributed by atoms with van der Waals surface area (Å²) in [6.07, 6.45) is -2.37. The van der Waals surface area contributed by atoms with Crippen molar-refractivity contribution in [2.75, 3.05) is 19.7 Å². The average Bonchev–Trinajstić information content (AvgIpc) is 3.00. The highest BCUT2D eigenvalue weighted by Gasteiger charge is 2.27. The van der Waals surface area contributed by atoms with Crippen LogP contribution in [0.15, 0.2) is 16.8 Å². The molecule has 1 aromatic rings. The molecule has 0 amide bonds. The molecule has 114 valence electrons. The summed E-state index contributed by atoms with van der Waals surface area (Å²) in [7, 11) is 0. The molecule has 0 saturated carbocycles. The molecule has 1 fully saturated rings. The topological polar surface area (TPSA) is 12.5 Å². The molecule has 20 heavy (non-hydrogen) atoms. The summed E-state index contributed by atoms with van der Waals surface area (Å²) in [6.45, 7) is 2.68. The molecule has 0 radical (unpaired) electrons. The maximum Gasteiger partial charge on any atom is 0.389 e. The van der Waals surface area contributed by atoms with Crippen LogP contribution < -0.4 is 0 Å². The largest absolute Gasteiger partial charge is 0.389 e. The van der Waals surface area contributed by atoms with E-state index in [4.69, 9.17) is 4.74 Å². The van der Waals surface area contributed by atoms with Gasteiger partial charge in [-0.05, 0) is 48.2 Å². The lowest BCUT2D eigenvalue weighted by Gasteiger charge is -2.25. The Bertz CT molecular complexity index is 374. The Hall–Kier alpha value is -0.590. The van der Waals surface area contributed by atoms with Gasteiger partial charge in [-0.15, -0.1) is 0 Å². The van der Waals surface area contributed by atoms with Gasteiger partial charge in [0, 0.05) is 26.1 Å². The smallest absolute Gasteiger partial charge is 0.377 e. The van der Waals surface area contributed by atoms with Crippen LogP contribution in [0.3, 0.4) is 0 Å². The standard InChI is InChI=1S/C14H20F3NOS/c15-14(16,17)5-2-6-18(9-12-4-8-20-11-12)10-13-3-1-7-19-13/h4,8,11,13H,1-3,5-7,9-10H2. The van der Waals surface area contributed by atoms with E-state index >= 15 is 0 Å². The monoisotopic (exact) mass is 307 g/mol. The summed E-state index contributed by atoms with van der Waals surface area (Å²) in [5, 5.41) is 4.04. The van der Waals surface area contributed by atoms with Gasteiger partial charge < -0.3 is 4.74 Å². The number of ether oxygens (including phenoxy) is 1. The predicted octanol–water partition coefficient (Wildman–Crippen LogP) is 4.07. The van der Waals surface area contributed by atoms with E-state index in [1.54, 1.807) is 11.3 Å². The summed E-state index contributed by atoms with van der Waals surface area (Å²) in [4.78, 5) is 2.09. The minimum absolute atomic E-state index is 0.153. The van der Waals surface area contributed by atoms with Crippen molar-refractivity contribution in [2.45, 2.75) is 44.5 Å². The molecule has 0 N–H and O–H groups in total. The second-order valence-corrected chi connectivity index (χ2v) is 6.00. The van der Waals surface area contributed by atoms with Gasteiger partial charge in [-0.1, -0.05) is 0 Å². The Labute approximate surface area is 121 Å². The van der Waals surface area contributed by atoms with Crippen LogP contribution in [0.2, 0.25) is 0 Å². The van der Waals surface area contributed by atoms with Gasteiger partial charge in [-0.3, -0.25) is 4.90 Å². The zero-order valence-electron chi connectivity index (χ0n) is 11.4. The second-order valence-electron chi connectivity index (χ2n) is 5.22. The van der Waals surface area contributed by atoms with Crippen LogP contribution in [-0.2, 0) is 11.3 Å². The Kier molecular flexibility index (Phi) is 5.86. The molecule has 2 nitrogen and oxygen atoms in total. The highest BCUT2D eigenvalue weighted by atomic mass is 32.1. The van der Waals surface area contributed by atoms with Gasteiger partial charge in [0.05, 0.1) is 6.10 Å². The fourth-order valence-corrected chi connectivity index (χ4v) is 3.11. The number of alkyl halides is 3. The molecule has 1 aromatic heterocycles. The van der Waals surface area contributed by atoms with Crippen molar-refractivity contribution in [3.05, 3.63) is 22.4 Å². The first kappa shape index (κ1) is 15.8. The van der Waals surface area contributed by atoms with Gasteiger partial charge in [0.25, 0.3) is 0 Å². The van der Waals surface area contributed by atoms with Gasteiger partial charge in [0.2, 0.25) is 0 Å². The van der Waals surface area contributed by atoms with Gasteiger partial charge >= 0.3 is 6.18 Å². The van der Waals surface area contributed by atoms with Crippen molar-refractivity contribution in [1.82, 2.24) is 4.90 Å². The fraction of sp³-hybridized carbons (Fsp3) is 0.714. The maximum atomic E-state index is 12.2. The third kappa shape index (κ3) is 5.81. The molecule has 1 aliphatic heterocycles. The summed E-state index contributed by atoms with van der Waals surface area (Å²) in [5.74, 6) is 0. The molecule has 6 heteroatoms. The number of halogens is 3. The summed E-state index contributed by atoms with van der Waals surface area (Å²) in [6, 6.07) is 2.02. The van der Waals surface area contributed by atoms with E-state index in [-0.39, 0.29) is 12.5 Å². The molecule has 0 aromatic carbocycles. The second kappa shape index (κ2) is 7.43. The van der Waals surface area contributed by atoms with E-state index in [9.17, 15) is 13.2 Å². The minimum Gasteiger partial charge on any atom is -0.377 e. The van der Waals surface area contributed by atoms with Crippen LogP contribution in [-0.4, -0.2) is 36.9 Å².